The van der Waals surface area contributed by atoms with Gasteiger partial charge < -0.3 is 4.74 Å². The molecule has 0 fully saturated rings. The van der Waals surface area contributed by atoms with Crippen LogP contribution in [0.4, 0.5) is 5.69 Å². The van der Waals surface area contributed by atoms with Crippen molar-refractivity contribution in [2.45, 2.75) is 12.0 Å². The zero-order valence-electron chi connectivity index (χ0n) is 10.3. The lowest BCUT2D eigenvalue weighted by Gasteiger charge is -2.05. The summed E-state index contributed by atoms with van der Waals surface area (Å²) in [5.74, 6) is -0.0348. The first-order chi connectivity index (χ1) is 9.52. The maximum Gasteiger partial charge on any atom is 0.316 e. The number of hydrogen-bond acceptors (Lipinski definition) is 6. The summed E-state index contributed by atoms with van der Waals surface area (Å²) in [5, 5.41) is 18.4. The summed E-state index contributed by atoms with van der Waals surface area (Å²) in [6.07, 6.45) is 0. The third-order valence-electron chi connectivity index (χ3n) is 2.15. The van der Waals surface area contributed by atoms with Gasteiger partial charge in [-0.3, -0.25) is 14.9 Å². The first-order valence-corrected chi connectivity index (χ1v) is 7.12. The molecule has 0 aliphatic rings. The Morgan fingerprint density at radius 3 is 3.00 bits per heavy atom. The third-order valence-corrected chi connectivity index (χ3v) is 3.59. The molecule has 1 aromatic rings. The minimum absolute atomic E-state index is 0.0242. The van der Waals surface area contributed by atoms with Crippen LogP contribution in [0.15, 0.2) is 24.3 Å². The number of esters is 1. The van der Waals surface area contributed by atoms with E-state index >= 15 is 0 Å². The van der Waals surface area contributed by atoms with Crippen LogP contribution in [0.2, 0.25) is 0 Å². The molecule has 0 aliphatic carbocycles. The van der Waals surface area contributed by atoms with Crippen molar-refractivity contribution in [3.05, 3.63) is 39.9 Å². The average Bonchev–Trinajstić information content (AvgIpc) is 2.45. The highest BCUT2D eigenvalue weighted by Crippen LogP contribution is 2.14. The number of nitriles is 1. The molecule has 1 rings (SSSR count). The molecule has 1 atom stereocenters. The maximum absolute atomic E-state index is 11.4. The zero-order valence-corrected chi connectivity index (χ0v) is 11.9. The minimum atomic E-state index is -0.635. The Hall–Kier alpha value is -1.78. The van der Waals surface area contributed by atoms with Crippen molar-refractivity contribution >= 4 is 35.0 Å². The second-order valence-corrected chi connectivity index (χ2v) is 5.26. The number of nitrogens with zero attached hydrogens (tertiary/aromatic N) is 2. The Morgan fingerprint density at radius 1 is 1.60 bits per heavy atom. The molecule has 1 unspecified atom stereocenters. The van der Waals surface area contributed by atoms with Gasteiger partial charge in [-0.1, -0.05) is 12.1 Å². The number of benzene rings is 1. The summed E-state index contributed by atoms with van der Waals surface area (Å²) in [7, 11) is 0. The fraction of sp³-hybridized carbons (Fsp3) is 0.333. The van der Waals surface area contributed by atoms with Crippen molar-refractivity contribution < 1.29 is 14.5 Å². The van der Waals surface area contributed by atoms with E-state index in [4.69, 9.17) is 21.6 Å². The molecule has 0 radical (unpaired) electrons. The number of carbonyl (C=O) groups excluding carboxylic acids is 1. The summed E-state index contributed by atoms with van der Waals surface area (Å²) >= 11 is 6.77. The first-order valence-electron chi connectivity index (χ1n) is 5.53. The number of ether oxygens (including phenoxy) is 1. The molecular weight excluding hydrogens is 304 g/mol. The minimum Gasteiger partial charge on any atom is -0.460 e. The Morgan fingerprint density at radius 2 is 2.35 bits per heavy atom. The predicted octanol–water partition coefficient (Wildman–Crippen LogP) is 2.50. The van der Waals surface area contributed by atoms with Crippen LogP contribution in [0.1, 0.15) is 5.56 Å². The smallest absolute Gasteiger partial charge is 0.316 e. The second-order valence-electron chi connectivity index (χ2n) is 3.70. The predicted molar refractivity (Wildman–Crippen MR) is 75.5 cm³/mol. The van der Waals surface area contributed by atoms with Gasteiger partial charge in [0.1, 0.15) is 12.0 Å². The van der Waals surface area contributed by atoms with Crippen LogP contribution in [-0.2, 0) is 16.1 Å². The fourth-order valence-corrected chi connectivity index (χ4v) is 2.16. The number of alkyl halides is 1. The number of non-ortho nitro benzene ring substituents is 1. The van der Waals surface area contributed by atoms with Gasteiger partial charge in [0.15, 0.2) is 0 Å². The Kier molecular flexibility index (Phi) is 6.84. The zero-order chi connectivity index (χ0) is 15.0. The highest BCUT2D eigenvalue weighted by molar-refractivity contribution is 8.00. The molecule has 6 nitrogen and oxygen atoms in total. The van der Waals surface area contributed by atoms with Crippen LogP contribution in [0.5, 0.6) is 0 Å². The van der Waals surface area contributed by atoms with Crippen LogP contribution in [0.3, 0.4) is 0 Å². The van der Waals surface area contributed by atoms with Crippen LogP contribution in [0, 0.1) is 21.4 Å². The SMILES string of the molecule is N#CC(Cl)CSCC(=O)OCc1cccc([N+](=O)[O-])c1. The standard InChI is InChI=1S/C12H11ClN2O4S/c13-10(5-14)7-20-8-12(16)19-6-9-2-1-3-11(4-9)15(17)18/h1-4,10H,6-8H2. The van der Waals surface area contributed by atoms with E-state index in [9.17, 15) is 14.9 Å². The Labute approximate surface area is 124 Å². The lowest BCUT2D eigenvalue weighted by Crippen LogP contribution is -2.09. The maximum atomic E-state index is 11.4. The summed E-state index contributed by atoms with van der Waals surface area (Å²) in [5.41, 5.74) is 0.497. The molecule has 0 amide bonds. The van der Waals surface area contributed by atoms with E-state index in [1.807, 2.05) is 6.07 Å². The molecule has 0 saturated heterocycles. The lowest BCUT2D eigenvalue weighted by atomic mass is 10.2. The van der Waals surface area contributed by atoms with Crippen LogP contribution < -0.4 is 0 Å². The molecule has 0 aliphatic heterocycles. The average molecular weight is 315 g/mol. The van der Waals surface area contributed by atoms with Gasteiger partial charge in [0.25, 0.3) is 5.69 Å². The number of thioether (sulfide) groups is 1. The van der Waals surface area contributed by atoms with Crippen molar-refractivity contribution in [1.82, 2.24) is 0 Å². The molecule has 1 aromatic carbocycles. The van der Waals surface area contributed by atoms with Gasteiger partial charge in [-0.2, -0.15) is 5.26 Å². The molecule has 0 spiro atoms. The summed E-state index contributed by atoms with van der Waals surface area (Å²) in [6.45, 7) is -0.0242. The van der Waals surface area contributed by atoms with E-state index in [0.29, 0.717) is 11.3 Å². The number of rotatable bonds is 7. The number of carbonyl (C=O) groups is 1. The summed E-state index contributed by atoms with van der Waals surface area (Å²) < 4.78 is 4.97. The molecule has 0 bridgehead atoms. The molecule has 0 N–H and O–H groups in total. The third kappa shape index (κ3) is 5.91. The van der Waals surface area contributed by atoms with Gasteiger partial charge >= 0.3 is 5.97 Å². The van der Waals surface area contributed by atoms with Crippen molar-refractivity contribution in [3.63, 3.8) is 0 Å². The molecule has 106 valence electrons. The molecule has 0 heterocycles. The topological polar surface area (TPSA) is 93.2 Å². The van der Waals surface area contributed by atoms with E-state index in [1.165, 1.54) is 30.0 Å². The molecular formula is C12H11ClN2O4S. The fourth-order valence-electron chi connectivity index (χ4n) is 1.25. The van der Waals surface area contributed by atoms with Gasteiger partial charge in [0.2, 0.25) is 0 Å². The van der Waals surface area contributed by atoms with Crippen molar-refractivity contribution in [3.8, 4) is 6.07 Å². The van der Waals surface area contributed by atoms with Crippen molar-refractivity contribution in [1.29, 1.82) is 5.26 Å². The largest absolute Gasteiger partial charge is 0.460 e. The van der Waals surface area contributed by atoms with E-state index in [2.05, 4.69) is 0 Å². The van der Waals surface area contributed by atoms with Gasteiger partial charge in [0, 0.05) is 17.9 Å². The Balaban J connectivity index is 2.36. The highest BCUT2D eigenvalue weighted by atomic mass is 35.5. The number of nitro benzene ring substituents is 1. The lowest BCUT2D eigenvalue weighted by molar-refractivity contribution is -0.384. The summed E-state index contributed by atoms with van der Waals surface area (Å²) in [4.78, 5) is 21.5. The molecule has 0 saturated carbocycles. The van der Waals surface area contributed by atoms with Gasteiger partial charge in [-0.15, -0.1) is 23.4 Å². The van der Waals surface area contributed by atoms with Gasteiger partial charge in [-0.05, 0) is 5.56 Å². The Bertz CT molecular complexity index is 532. The molecule has 0 aromatic heterocycles. The number of halogens is 1. The first kappa shape index (κ1) is 16.3. The van der Waals surface area contributed by atoms with Gasteiger partial charge in [0.05, 0.1) is 16.7 Å². The van der Waals surface area contributed by atoms with E-state index in [1.54, 1.807) is 6.07 Å². The van der Waals surface area contributed by atoms with E-state index in [0.717, 1.165) is 0 Å². The highest BCUT2D eigenvalue weighted by Gasteiger charge is 2.09. The second kappa shape index (κ2) is 8.40. The van der Waals surface area contributed by atoms with Crippen LogP contribution >= 0.6 is 23.4 Å². The summed E-state index contributed by atoms with van der Waals surface area (Å²) in [6, 6.07) is 7.72. The quantitative estimate of drug-likeness (QED) is 0.332. The van der Waals surface area contributed by atoms with Crippen molar-refractivity contribution in [2.75, 3.05) is 11.5 Å². The molecule has 8 heteroatoms. The van der Waals surface area contributed by atoms with Gasteiger partial charge in [-0.25, -0.2) is 0 Å². The van der Waals surface area contributed by atoms with Crippen LogP contribution in [-0.4, -0.2) is 27.8 Å². The number of nitro groups is 1. The van der Waals surface area contributed by atoms with Crippen LogP contribution in [0.25, 0.3) is 0 Å². The van der Waals surface area contributed by atoms with E-state index < -0.39 is 16.3 Å². The molecule has 20 heavy (non-hydrogen) atoms. The monoisotopic (exact) mass is 314 g/mol. The normalized spacial score (nSPS) is 11.4. The van der Waals surface area contributed by atoms with E-state index in [-0.39, 0.29) is 18.0 Å². The number of hydrogen-bond donors (Lipinski definition) is 0. The van der Waals surface area contributed by atoms with Crippen molar-refractivity contribution in [2.24, 2.45) is 0 Å².